The third kappa shape index (κ3) is 8.12. The van der Waals surface area contributed by atoms with E-state index in [1.54, 1.807) is 0 Å². The molecule has 0 aliphatic heterocycles. The number of carbonyl (C=O) groups is 1. The Kier molecular flexibility index (Phi) is 11.2. The van der Waals surface area contributed by atoms with Crippen LogP contribution in [0.15, 0.2) is 48.5 Å². The molecule has 1 amide bonds. The van der Waals surface area contributed by atoms with Crippen LogP contribution in [0.2, 0.25) is 0 Å². The van der Waals surface area contributed by atoms with Gasteiger partial charge in [0.1, 0.15) is 18.2 Å². The molecule has 1 heterocycles. The molecular weight excluding hydrogens is 514 g/mol. The monoisotopic (exact) mass is 547 g/mol. The van der Waals surface area contributed by atoms with Gasteiger partial charge in [0.05, 0.1) is 24.2 Å². The van der Waals surface area contributed by atoms with Crippen molar-refractivity contribution in [1.29, 1.82) is 0 Å². The van der Waals surface area contributed by atoms with Gasteiger partial charge in [-0.2, -0.15) is 5.10 Å². The summed E-state index contributed by atoms with van der Waals surface area (Å²) in [5.74, 6) is -2.00. The average molecular weight is 548 g/mol. The van der Waals surface area contributed by atoms with E-state index in [0.29, 0.717) is 0 Å². The van der Waals surface area contributed by atoms with Crippen molar-refractivity contribution < 1.29 is 27.5 Å². The van der Waals surface area contributed by atoms with Gasteiger partial charge in [-0.3, -0.25) is 4.79 Å². The molecular formula is C28H33F4N5O2. The minimum Gasteiger partial charge on any atom is -0.387 e. The van der Waals surface area contributed by atoms with Gasteiger partial charge in [-0.25, -0.2) is 27.2 Å². The van der Waals surface area contributed by atoms with Gasteiger partial charge < -0.3 is 15.7 Å². The quantitative estimate of drug-likeness (QED) is 0.290. The fourth-order valence-electron chi connectivity index (χ4n) is 4.11. The van der Waals surface area contributed by atoms with Crippen LogP contribution in [-0.2, 0) is 11.3 Å². The maximum absolute atomic E-state index is 14.6. The van der Waals surface area contributed by atoms with Crippen molar-refractivity contribution in [3.8, 4) is 24.2 Å². The van der Waals surface area contributed by atoms with Gasteiger partial charge in [0.15, 0.2) is 11.6 Å². The van der Waals surface area contributed by atoms with Crippen LogP contribution in [-0.4, -0.2) is 56.3 Å². The van der Waals surface area contributed by atoms with Crippen LogP contribution in [0.1, 0.15) is 44.6 Å². The highest BCUT2D eigenvalue weighted by Gasteiger charge is 2.39. The first kappa shape index (κ1) is 31.5. The number of aromatic nitrogens is 3. The predicted octanol–water partition coefficient (Wildman–Crippen LogP) is 4.41. The molecule has 2 atom stereocenters. The van der Waals surface area contributed by atoms with Crippen molar-refractivity contribution in [3.05, 3.63) is 71.6 Å². The number of hydrogen-bond donors (Lipinski definition) is 2. The maximum Gasteiger partial charge on any atom is 0.253 e. The fourth-order valence-corrected chi connectivity index (χ4v) is 4.11. The second-order valence-corrected chi connectivity index (χ2v) is 9.86. The van der Waals surface area contributed by atoms with E-state index in [-0.39, 0.29) is 36.7 Å². The smallest absolute Gasteiger partial charge is 0.253 e. The molecule has 0 aliphatic rings. The molecule has 3 N–H and O–H groups in total. The molecule has 0 saturated heterocycles. The highest BCUT2D eigenvalue weighted by molar-refractivity contribution is 5.77. The van der Waals surface area contributed by atoms with E-state index in [4.69, 9.17) is 5.73 Å². The second kappa shape index (κ2) is 13.9. The largest absolute Gasteiger partial charge is 0.387 e. The van der Waals surface area contributed by atoms with Gasteiger partial charge in [0.2, 0.25) is 5.91 Å². The van der Waals surface area contributed by atoms with Gasteiger partial charge >= 0.3 is 0 Å². The summed E-state index contributed by atoms with van der Waals surface area (Å²) in [6.07, 6.45) is 4.98. The molecule has 0 spiro atoms. The summed E-state index contributed by atoms with van der Waals surface area (Å²) in [4.78, 5) is 18.7. The van der Waals surface area contributed by atoms with Crippen molar-refractivity contribution in [3.63, 3.8) is 0 Å². The Morgan fingerprint density at radius 3 is 2.33 bits per heavy atom. The van der Waals surface area contributed by atoms with Crippen molar-refractivity contribution in [2.75, 3.05) is 13.2 Å². The number of nitrogens with zero attached hydrogens (tertiary/aromatic N) is 4. The second-order valence-electron chi connectivity index (χ2n) is 9.86. The van der Waals surface area contributed by atoms with Crippen molar-refractivity contribution in [2.24, 2.45) is 11.1 Å². The number of nitrogens with two attached hydrogens (primary N) is 1. The fraction of sp³-hybridized carbons (Fsp3) is 0.393. The number of amides is 1. The molecule has 2 aromatic carbocycles. The molecule has 0 bridgehead atoms. The molecule has 1 aromatic heterocycles. The average Bonchev–Trinajstić information content (AvgIpc) is 3.30. The molecule has 7 nitrogen and oxygen atoms in total. The normalized spacial score (nSPS) is 12.9. The lowest BCUT2D eigenvalue weighted by Crippen LogP contribution is -2.46. The first-order valence-corrected chi connectivity index (χ1v) is 12.1. The molecule has 1 unspecified atom stereocenters. The van der Waals surface area contributed by atoms with Crippen molar-refractivity contribution in [2.45, 2.75) is 52.2 Å². The number of aliphatic hydroxyl groups is 1. The number of aliphatic hydroxyl groups excluding tert-OH is 1. The van der Waals surface area contributed by atoms with Gasteiger partial charge in [-0.15, -0.1) is 12.8 Å². The van der Waals surface area contributed by atoms with Gasteiger partial charge in [-0.1, -0.05) is 51.1 Å². The maximum atomic E-state index is 14.6. The number of terminal acetylenes is 1. The molecule has 0 aliphatic carbocycles. The molecule has 210 valence electrons. The van der Waals surface area contributed by atoms with Crippen molar-refractivity contribution >= 4 is 5.91 Å². The molecule has 0 radical (unpaired) electrons. The minimum atomic E-state index is -2.79. The lowest BCUT2D eigenvalue weighted by atomic mass is 9.84. The Bertz CT molecular complexity index is 1240. The summed E-state index contributed by atoms with van der Waals surface area (Å²) in [5.41, 5.74) is 5.46. The van der Waals surface area contributed by atoms with Gasteiger partial charge in [0, 0.05) is 6.54 Å². The molecule has 3 aromatic rings. The lowest BCUT2D eigenvalue weighted by molar-refractivity contribution is -0.140. The van der Waals surface area contributed by atoms with Crippen LogP contribution < -0.4 is 5.73 Å². The van der Waals surface area contributed by atoms with E-state index in [1.165, 1.54) is 9.58 Å². The first-order chi connectivity index (χ1) is 18.4. The molecule has 0 saturated carbocycles. The Balaban J connectivity index is 0.00000260. The third-order valence-corrected chi connectivity index (χ3v) is 5.90. The lowest BCUT2D eigenvalue weighted by Gasteiger charge is -2.39. The Morgan fingerprint density at radius 2 is 1.77 bits per heavy atom. The SMILES string of the molecule is C#C.CC(C)(C)[C@H](c1nc(-c2cc(F)ccc2F)nn1Cc1ccccc1)N(CCC(N)C(F)F)C(=O)CO. The van der Waals surface area contributed by atoms with Gasteiger partial charge in [0.25, 0.3) is 6.43 Å². The predicted molar refractivity (Wildman–Crippen MR) is 140 cm³/mol. The zero-order valence-electron chi connectivity index (χ0n) is 22.1. The molecule has 39 heavy (non-hydrogen) atoms. The summed E-state index contributed by atoms with van der Waals surface area (Å²) in [7, 11) is 0. The number of halogens is 4. The standard InChI is InChI=1S/C26H31F4N5O2.C2H2/c1-26(2,3)22(34(21(37)15-36)12-11-20(31)23(29)30)25-32-24(18-13-17(27)9-10-19(18)28)33-35(25)14-16-7-5-4-6-8-16;1-2/h4-10,13,20,22-23,36H,11-12,14-15,31H2,1-3H3;1-2H/t20?,22-;/m0./s1. The van der Waals surface area contributed by atoms with E-state index >= 15 is 0 Å². The number of hydrogen-bond acceptors (Lipinski definition) is 5. The summed E-state index contributed by atoms with van der Waals surface area (Å²) in [6, 6.07) is 9.75. The topological polar surface area (TPSA) is 97.3 Å². The highest BCUT2D eigenvalue weighted by atomic mass is 19.3. The van der Waals surface area contributed by atoms with Crippen molar-refractivity contribution in [1.82, 2.24) is 19.7 Å². The van der Waals surface area contributed by atoms with E-state index < -0.39 is 48.1 Å². The van der Waals surface area contributed by atoms with E-state index in [1.807, 2.05) is 51.1 Å². The molecule has 0 fully saturated rings. The summed E-state index contributed by atoms with van der Waals surface area (Å²) < 4.78 is 56.3. The zero-order chi connectivity index (χ0) is 29.3. The highest BCUT2D eigenvalue weighted by Crippen LogP contribution is 2.39. The summed E-state index contributed by atoms with van der Waals surface area (Å²) in [6.45, 7) is 4.57. The minimum absolute atomic E-state index is 0.0992. The van der Waals surface area contributed by atoms with Gasteiger partial charge in [-0.05, 0) is 35.6 Å². The van der Waals surface area contributed by atoms with Crippen LogP contribution in [0.4, 0.5) is 17.6 Å². The van der Waals surface area contributed by atoms with Crippen LogP contribution in [0.25, 0.3) is 11.4 Å². The van der Waals surface area contributed by atoms with Crippen LogP contribution in [0.5, 0.6) is 0 Å². The Labute approximate surface area is 225 Å². The van der Waals surface area contributed by atoms with Crippen LogP contribution in [0, 0.1) is 29.9 Å². The van der Waals surface area contributed by atoms with E-state index in [9.17, 15) is 27.5 Å². The first-order valence-electron chi connectivity index (χ1n) is 12.1. The Morgan fingerprint density at radius 1 is 1.13 bits per heavy atom. The summed E-state index contributed by atoms with van der Waals surface area (Å²) >= 11 is 0. The number of alkyl halides is 2. The number of carbonyl (C=O) groups excluding carboxylic acids is 1. The summed E-state index contributed by atoms with van der Waals surface area (Å²) in [5, 5.41) is 14.1. The number of benzene rings is 2. The molecule has 3 rings (SSSR count). The zero-order valence-corrected chi connectivity index (χ0v) is 22.1. The Hall–Kier alpha value is -3.75. The van der Waals surface area contributed by atoms with Crippen LogP contribution >= 0.6 is 0 Å². The number of rotatable bonds is 10. The van der Waals surface area contributed by atoms with E-state index in [2.05, 4.69) is 22.9 Å². The molecule has 11 heteroatoms. The van der Waals surface area contributed by atoms with Crippen LogP contribution in [0.3, 0.4) is 0 Å². The third-order valence-electron chi connectivity index (χ3n) is 5.90. The van der Waals surface area contributed by atoms with E-state index in [0.717, 1.165) is 23.8 Å².